The molecule has 180 valence electrons. The molecule has 4 saturated carbocycles. The van der Waals surface area contributed by atoms with Crippen LogP contribution in [0, 0.1) is 23.2 Å². The summed E-state index contributed by atoms with van der Waals surface area (Å²) in [7, 11) is 1.67. The minimum Gasteiger partial charge on any atom is -0.497 e. The van der Waals surface area contributed by atoms with Gasteiger partial charge in [0.1, 0.15) is 11.6 Å². The Morgan fingerprint density at radius 2 is 1.82 bits per heavy atom. The first-order valence-electron chi connectivity index (χ1n) is 12.9. The number of aliphatic hydroxyl groups is 1. The molecule has 34 heavy (non-hydrogen) atoms. The number of ether oxygens (including phenoxy) is 1. The number of hydrogen-bond acceptors (Lipinski definition) is 5. The molecular formula is C28H35N3O3. The zero-order valence-corrected chi connectivity index (χ0v) is 20.0. The van der Waals surface area contributed by atoms with Gasteiger partial charge in [-0.25, -0.2) is 4.98 Å². The molecule has 4 bridgehead atoms. The van der Waals surface area contributed by atoms with Crippen molar-refractivity contribution < 1.29 is 14.6 Å². The number of piperidine rings is 1. The second kappa shape index (κ2) is 8.56. The number of methoxy groups -OCH3 is 1. The van der Waals surface area contributed by atoms with E-state index >= 15 is 0 Å². The molecule has 2 heterocycles. The molecule has 0 spiro atoms. The number of amides is 1. The van der Waals surface area contributed by atoms with Crippen LogP contribution in [-0.4, -0.2) is 48.3 Å². The van der Waals surface area contributed by atoms with Crippen molar-refractivity contribution in [2.24, 2.45) is 23.2 Å². The zero-order chi connectivity index (χ0) is 23.3. The molecule has 1 aromatic carbocycles. The van der Waals surface area contributed by atoms with Crippen LogP contribution in [-0.2, 0) is 4.79 Å². The second-order valence-electron chi connectivity index (χ2n) is 11.1. The highest BCUT2D eigenvalue weighted by Gasteiger charge is 2.58. The summed E-state index contributed by atoms with van der Waals surface area (Å²) < 4.78 is 5.25. The first kappa shape index (κ1) is 21.9. The third-order valence-electron chi connectivity index (χ3n) is 8.96. The maximum Gasteiger partial charge on any atom is 0.226 e. The van der Waals surface area contributed by atoms with Gasteiger partial charge in [0.25, 0.3) is 0 Å². The van der Waals surface area contributed by atoms with Crippen molar-refractivity contribution in [1.29, 1.82) is 0 Å². The Morgan fingerprint density at radius 1 is 1.09 bits per heavy atom. The van der Waals surface area contributed by atoms with Crippen molar-refractivity contribution in [1.82, 2.24) is 10.3 Å². The number of carbonyl (C=O) groups is 1. The Hall–Kier alpha value is -2.60. The molecule has 5 aliphatic rings. The van der Waals surface area contributed by atoms with E-state index in [1.807, 2.05) is 30.5 Å². The van der Waals surface area contributed by atoms with Gasteiger partial charge in [-0.2, -0.15) is 0 Å². The third-order valence-corrected chi connectivity index (χ3v) is 8.96. The molecule has 1 amide bonds. The molecule has 4 aliphatic carbocycles. The molecule has 0 radical (unpaired) electrons. The van der Waals surface area contributed by atoms with Crippen LogP contribution in [0.1, 0.15) is 44.9 Å². The summed E-state index contributed by atoms with van der Waals surface area (Å²) in [5.74, 6) is 3.34. The standard InChI is InChI=1S/C28H35N3O3/c1-34-24-7-4-19(5-8-24)20-6-9-25(29-16-20)31-10-2-3-23(17-31)30-27(33)28-13-18-11-21(14-28)26(32)22(12-18)15-28/h4-9,16,18,21-23,26,32H,2-3,10-15,17H2,1H3,(H,30,33)/t18?,21?,22?,23-,26?,28?/m0/s1. The highest BCUT2D eigenvalue weighted by atomic mass is 16.5. The number of nitrogens with one attached hydrogen (secondary N) is 1. The van der Waals surface area contributed by atoms with Gasteiger partial charge in [-0.05, 0) is 92.5 Å². The van der Waals surface area contributed by atoms with Crippen molar-refractivity contribution in [3.05, 3.63) is 42.6 Å². The van der Waals surface area contributed by atoms with E-state index in [4.69, 9.17) is 9.72 Å². The Morgan fingerprint density at radius 3 is 2.50 bits per heavy atom. The number of pyridine rings is 1. The predicted molar refractivity (Wildman–Crippen MR) is 132 cm³/mol. The fraction of sp³-hybridized carbons (Fsp3) is 0.571. The van der Waals surface area contributed by atoms with Crippen molar-refractivity contribution in [3.8, 4) is 16.9 Å². The van der Waals surface area contributed by atoms with Gasteiger partial charge in [0, 0.05) is 30.9 Å². The minimum absolute atomic E-state index is 0.155. The fourth-order valence-electron chi connectivity index (χ4n) is 7.44. The van der Waals surface area contributed by atoms with Gasteiger partial charge in [0.2, 0.25) is 5.91 Å². The minimum atomic E-state index is -0.240. The highest BCUT2D eigenvalue weighted by molar-refractivity contribution is 5.83. The molecule has 2 N–H and O–H groups in total. The van der Waals surface area contributed by atoms with E-state index in [0.29, 0.717) is 17.8 Å². The topological polar surface area (TPSA) is 74.7 Å². The van der Waals surface area contributed by atoms with Crippen molar-refractivity contribution in [3.63, 3.8) is 0 Å². The summed E-state index contributed by atoms with van der Waals surface area (Å²) >= 11 is 0. The van der Waals surface area contributed by atoms with E-state index in [1.165, 1.54) is 0 Å². The lowest BCUT2D eigenvalue weighted by atomic mass is 9.48. The number of benzene rings is 1. The Kier molecular flexibility index (Phi) is 5.51. The van der Waals surface area contributed by atoms with Crippen molar-refractivity contribution in [2.75, 3.05) is 25.1 Å². The molecular weight excluding hydrogens is 426 g/mol. The van der Waals surface area contributed by atoms with Gasteiger partial charge in [-0.1, -0.05) is 12.1 Å². The molecule has 7 rings (SSSR count). The molecule has 1 aromatic heterocycles. The predicted octanol–water partition coefficient (Wildman–Crippen LogP) is 4.03. The fourth-order valence-corrected chi connectivity index (χ4v) is 7.44. The average Bonchev–Trinajstić information content (AvgIpc) is 2.87. The monoisotopic (exact) mass is 461 g/mol. The zero-order valence-electron chi connectivity index (χ0n) is 20.0. The molecule has 1 aliphatic heterocycles. The van der Waals surface area contributed by atoms with Crippen LogP contribution < -0.4 is 15.0 Å². The second-order valence-corrected chi connectivity index (χ2v) is 11.1. The van der Waals surface area contributed by atoms with Gasteiger partial charge in [-0.3, -0.25) is 4.79 Å². The molecule has 6 nitrogen and oxygen atoms in total. The van der Waals surface area contributed by atoms with Gasteiger partial charge in [0.05, 0.1) is 18.6 Å². The molecule has 2 aromatic rings. The average molecular weight is 462 g/mol. The lowest BCUT2D eigenvalue weighted by molar-refractivity contribution is -0.163. The van der Waals surface area contributed by atoms with Crippen LogP contribution in [0.3, 0.4) is 0 Å². The highest BCUT2D eigenvalue weighted by Crippen LogP contribution is 2.60. The van der Waals surface area contributed by atoms with E-state index < -0.39 is 0 Å². The Labute approximate surface area is 201 Å². The van der Waals surface area contributed by atoms with E-state index in [2.05, 4.69) is 22.3 Å². The number of carbonyl (C=O) groups excluding carboxylic acids is 1. The molecule has 3 atom stereocenters. The van der Waals surface area contributed by atoms with E-state index in [9.17, 15) is 9.90 Å². The molecule has 2 unspecified atom stereocenters. The van der Waals surface area contributed by atoms with Gasteiger partial charge in [-0.15, -0.1) is 0 Å². The number of rotatable bonds is 5. The van der Waals surface area contributed by atoms with Crippen LogP contribution in [0.4, 0.5) is 5.82 Å². The largest absolute Gasteiger partial charge is 0.497 e. The number of aliphatic hydroxyl groups excluding tert-OH is 1. The first-order chi connectivity index (χ1) is 16.5. The summed E-state index contributed by atoms with van der Waals surface area (Å²) in [6.07, 6.45) is 8.80. The summed E-state index contributed by atoms with van der Waals surface area (Å²) in [6.45, 7) is 1.76. The van der Waals surface area contributed by atoms with E-state index in [0.717, 1.165) is 80.7 Å². The number of hydrogen-bond donors (Lipinski definition) is 2. The van der Waals surface area contributed by atoms with Crippen LogP contribution in [0.15, 0.2) is 42.6 Å². The molecule has 1 saturated heterocycles. The van der Waals surface area contributed by atoms with Gasteiger partial charge < -0.3 is 20.1 Å². The maximum atomic E-state index is 13.5. The van der Waals surface area contributed by atoms with Crippen LogP contribution in [0.2, 0.25) is 0 Å². The normalized spacial score (nSPS) is 34.2. The summed E-state index contributed by atoms with van der Waals surface area (Å²) in [4.78, 5) is 20.6. The quantitative estimate of drug-likeness (QED) is 0.703. The number of nitrogens with zero attached hydrogens (tertiary/aromatic N) is 2. The maximum absolute atomic E-state index is 13.5. The molecule has 5 fully saturated rings. The van der Waals surface area contributed by atoms with Crippen molar-refractivity contribution >= 4 is 11.7 Å². The van der Waals surface area contributed by atoms with E-state index in [-0.39, 0.29) is 23.5 Å². The molecule has 6 heteroatoms. The third kappa shape index (κ3) is 3.86. The van der Waals surface area contributed by atoms with Crippen LogP contribution >= 0.6 is 0 Å². The number of aromatic nitrogens is 1. The van der Waals surface area contributed by atoms with Gasteiger partial charge in [0.15, 0.2) is 0 Å². The van der Waals surface area contributed by atoms with Crippen molar-refractivity contribution in [2.45, 2.75) is 57.1 Å². The smallest absolute Gasteiger partial charge is 0.226 e. The Balaban J connectivity index is 1.11. The Bertz CT molecular complexity index is 1020. The SMILES string of the molecule is COc1ccc(-c2ccc(N3CCC[C@H](NC(=O)C45CC6CC(C4)C(O)C(C6)C5)C3)nc2)cc1. The number of anilines is 1. The van der Waals surface area contributed by atoms with Crippen LogP contribution in [0.25, 0.3) is 11.1 Å². The summed E-state index contributed by atoms with van der Waals surface area (Å²) in [5.41, 5.74) is 1.96. The van der Waals surface area contributed by atoms with Gasteiger partial charge >= 0.3 is 0 Å². The lowest BCUT2D eigenvalue weighted by Gasteiger charge is -2.58. The van der Waals surface area contributed by atoms with Crippen LogP contribution in [0.5, 0.6) is 5.75 Å². The summed E-state index contributed by atoms with van der Waals surface area (Å²) in [5, 5.41) is 14.0. The summed E-state index contributed by atoms with van der Waals surface area (Å²) in [6, 6.07) is 12.4. The van der Waals surface area contributed by atoms with E-state index in [1.54, 1.807) is 7.11 Å². The lowest BCUT2D eigenvalue weighted by Crippen LogP contribution is -2.60. The first-order valence-corrected chi connectivity index (χ1v) is 12.9.